The maximum Gasteiger partial charge on any atom is 0.275 e. The summed E-state index contributed by atoms with van der Waals surface area (Å²) in [5.41, 5.74) is 0.263. The molecule has 0 aliphatic rings. The Morgan fingerprint density at radius 2 is 2.19 bits per heavy atom. The molecule has 0 unspecified atom stereocenters. The Hall–Kier alpha value is -1.79. The lowest BCUT2D eigenvalue weighted by Gasteiger charge is -2.21. The van der Waals surface area contributed by atoms with Gasteiger partial charge >= 0.3 is 0 Å². The van der Waals surface area contributed by atoms with Gasteiger partial charge in [0, 0.05) is 13.1 Å². The van der Waals surface area contributed by atoms with Gasteiger partial charge in [0.25, 0.3) is 5.91 Å². The molecule has 21 heavy (non-hydrogen) atoms. The highest BCUT2D eigenvalue weighted by Gasteiger charge is 2.17. The third-order valence-corrected chi connectivity index (χ3v) is 3.48. The number of halogens is 2. The molecule has 1 aromatic carbocycles. The minimum atomic E-state index is -0.228. The van der Waals surface area contributed by atoms with Crippen LogP contribution in [0.2, 0.25) is 10.0 Å². The number of carbonyl (C=O) groups is 1. The van der Waals surface area contributed by atoms with Crippen molar-refractivity contribution in [1.29, 1.82) is 0 Å². The Kier molecular flexibility index (Phi) is 5.03. The van der Waals surface area contributed by atoms with Crippen molar-refractivity contribution >= 4 is 29.1 Å². The van der Waals surface area contributed by atoms with Crippen LogP contribution in [0, 0.1) is 0 Å². The van der Waals surface area contributed by atoms with Crippen molar-refractivity contribution in [2.75, 3.05) is 13.6 Å². The summed E-state index contributed by atoms with van der Waals surface area (Å²) in [6.07, 6.45) is 1.16. The minimum absolute atomic E-state index is 0.219. The number of nitrogens with zero attached hydrogens (tertiary/aromatic N) is 3. The molecule has 0 aliphatic heterocycles. The molecular weight excluding hydrogens is 315 g/mol. The normalized spacial score (nSPS) is 12.0. The van der Waals surface area contributed by atoms with E-state index in [9.17, 15) is 4.79 Å². The van der Waals surface area contributed by atoms with E-state index in [1.54, 1.807) is 25.2 Å². The van der Waals surface area contributed by atoms with E-state index in [4.69, 9.17) is 27.9 Å². The molecule has 1 amide bonds. The van der Waals surface area contributed by atoms with Crippen LogP contribution in [0.1, 0.15) is 17.4 Å². The Balaban J connectivity index is 1.93. The minimum Gasteiger partial charge on any atom is -0.489 e. The van der Waals surface area contributed by atoms with Gasteiger partial charge in [0.1, 0.15) is 11.9 Å². The van der Waals surface area contributed by atoms with Crippen LogP contribution < -0.4 is 4.74 Å². The van der Waals surface area contributed by atoms with E-state index in [0.29, 0.717) is 22.3 Å². The number of ether oxygens (including phenoxy) is 1. The number of hydrogen-bond donors (Lipinski definition) is 1. The quantitative estimate of drug-likeness (QED) is 0.915. The van der Waals surface area contributed by atoms with Gasteiger partial charge in [0.2, 0.25) is 0 Å². The number of benzene rings is 1. The van der Waals surface area contributed by atoms with Gasteiger partial charge in [-0.2, -0.15) is 15.4 Å². The van der Waals surface area contributed by atoms with Crippen LogP contribution in [0.5, 0.6) is 5.75 Å². The second kappa shape index (κ2) is 6.78. The zero-order valence-corrected chi connectivity index (χ0v) is 13.0. The molecule has 1 heterocycles. The summed E-state index contributed by atoms with van der Waals surface area (Å²) < 4.78 is 5.71. The standard InChI is InChI=1S/C13H14Cl2N4O2/c1-8(21-9-3-4-10(14)11(15)5-9)7-19(2)13(20)12-6-16-18-17-12/h3-6,8H,7H2,1-2H3,(H,16,17,18)/t8-/m1/s1. The fourth-order valence-electron chi connectivity index (χ4n) is 1.79. The predicted octanol–water partition coefficient (Wildman–Crippen LogP) is 2.65. The zero-order valence-electron chi connectivity index (χ0n) is 11.5. The average molecular weight is 329 g/mol. The Bertz CT molecular complexity index is 619. The molecule has 0 aliphatic carbocycles. The van der Waals surface area contributed by atoms with Crippen molar-refractivity contribution in [3.63, 3.8) is 0 Å². The lowest BCUT2D eigenvalue weighted by atomic mass is 10.3. The Morgan fingerprint density at radius 1 is 1.43 bits per heavy atom. The van der Waals surface area contributed by atoms with E-state index >= 15 is 0 Å². The number of likely N-dealkylation sites (N-methyl/N-ethyl adjacent to an activating group) is 1. The molecule has 0 bridgehead atoms. The van der Waals surface area contributed by atoms with E-state index in [0.717, 1.165) is 0 Å². The molecule has 1 aromatic heterocycles. The van der Waals surface area contributed by atoms with Gasteiger partial charge < -0.3 is 9.64 Å². The summed E-state index contributed by atoms with van der Waals surface area (Å²) >= 11 is 11.8. The highest BCUT2D eigenvalue weighted by molar-refractivity contribution is 6.42. The van der Waals surface area contributed by atoms with E-state index in [-0.39, 0.29) is 17.7 Å². The van der Waals surface area contributed by atoms with Crippen molar-refractivity contribution in [3.05, 3.63) is 40.1 Å². The maximum atomic E-state index is 12.0. The number of H-pyrrole nitrogens is 1. The predicted molar refractivity (Wildman–Crippen MR) is 79.9 cm³/mol. The molecule has 0 radical (unpaired) electrons. The van der Waals surface area contributed by atoms with E-state index in [1.165, 1.54) is 11.1 Å². The lowest BCUT2D eigenvalue weighted by Crippen LogP contribution is -2.35. The summed E-state index contributed by atoms with van der Waals surface area (Å²) in [4.78, 5) is 13.5. The van der Waals surface area contributed by atoms with E-state index in [2.05, 4.69) is 15.4 Å². The summed E-state index contributed by atoms with van der Waals surface area (Å²) in [6.45, 7) is 2.25. The first-order valence-electron chi connectivity index (χ1n) is 6.20. The van der Waals surface area contributed by atoms with Crippen molar-refractivity contribution in [3.8, 4) is 5.75 Å². The largest absolute Gasteiger partial charge is 0.489 e. The molecule has 1 N–H and O–H groups in total. The van der Waals surface area contributed by atoms with Crippen LogP contribution in [-0.2, 0) is 0 Å². The molecule has 6 nitrogen and oxygen atoms in total. The smallest absolute Gasteiger partial charge is 0.275 e. The van der Waals surface area contributed by atoms with Gasteiger partial charge in [-0.05, 0) is 19.1 Å². The molecule has 2 rings (SSSR count). The molecule has 0 spiro atoms. The first-order chi connectivity index (χ1) is 9.97. The summed E-state index contributed by atoms with van der Waals surface area (Å²) in [5, 5.41) is 10.7. The summed E-state index contributed by atoms with van der Waals surface area (Å²) in [7, 11) is 1.67. The van der Waals surface area contributed by atoms with Gasteiger partial charge in [-0.1, -0.05) is 23.2 Å². The van der Waals surface area contributed by atoms with Crippen molar-refractivity contribution in [2.24, 2.45) is 0 Å². The molecule has 0 fully saturated rings. The summed E-state index contributed by atoms with van der Waals surface area (Å²) in [6, 6.07) is 5.03. The van der Waals surface area contributed by atoms with E-state index < -0.39 is 0 Å². The van der Waals surface area contributed by atoms with Gasteiger partial charge in [0.05, 0.1) is 22.8 Å². The lowest BCUT2D eigenvalue weighted by molar-refractivity contribution is 0.0721. The van der Waals surface area contributed by atoms with Crippen LogP contribution in [-0.4, -0.2) is 45.9 Å². The molecule has 2 aromatic rings. The SMILES string of the molecule is C[C@H](CN(C)C(=O)c1cn[nH]n1)Oc1ccc(Cl)c(Cl)c1. The number of aromatic amines is 1. The molecule has 0 saturated heterocycles. The second-order valence-corrected chi connectivity index (χ2v) is 5.36. The number of hydrogen-bond acceptors (Lipinski definition) is 4. The molecule has 112 valence electrons. The Labute approximate surface area is 132 Å². The maximum absolute atomic E-state index is 12.0. The van der Waals surface area contributed by atoms with Crippen LogP contribution in [0.15, 0.2) is 24.4 Å². The number of rotatable bonds is 5. The monoisotopic (exact) mass is 328 g/mol. The number of carbonyl (C=O) groups excluding carboxylic acids is 1. The van der Waals surface area contributed by atoms with Crippen molar-refractivity contribution in [1.82, 2.24) is 20.3 Å². The van der Waals surface area contributed by atoms with Crippen LogP contribution >= 0.6 is 23.2 Å². The van der Waals surface area contributed by atoms with Gasteiger partial charge in [-0.15, -0.1) is 0 Å². The molecule has 8 heteroatoms. The Morgan fingerprint density at radius 3 is 2.81 bits per heavy atom. The molecule has 0 saturated carbocycles. The summed E-state index contributed by atoms with van der Waals surface area (Å²) in [5.74, 6) is 0.368. The van der Waals surface area contributed by atoms with Gasteiger partial charge in [-0.3, -0.25) is 4.79 Å². The third kappa shape index (κ3) is 4.09. The van der Waals surface area contributed by atoms with Crippen molar-refractivity contribution in [2.45, 2.75) is 13.0 Å². The third-order valence-electron chi connectivity index (χ3n) is 2.74. The first kappa shape index (κ1) is 15.6. The highest BCUT2D eigenvalue weighted by Crippen LogP contribution is 2.26. The van der Waals surface area contributed by atoms with E-state index in [1.807, 2.05) is 6.92 Å². The van der Waals surface area contributed by atoms with Gasteiger partial charge in [-0.25, -0.2) is 0 Å². The average Bonchev–Trinajstić information content (AvgIpc) is 2.96. The fourth-order valence-corrected chi connectivity index (χ4v) is 2.08. The topological polar surface area (TPSA) is 71.1 Å². The number of nitrogens with one attached hydrogen (secondary N) is 1. The zero-order chi connectivity index (χ0) is 15.4. The number of amides is 1. The van der Waals surface area contributed by atoms with Crippen LogP contribution in [0.4, 0.5) is 0 Å². The fraction of sp³-hybridized carbons (Fsp3) is 0.308. The second-order valence-electron chi connectivity index (χ2n) is 4.55. The molecular formula is C13H14Cl2N4O2. The highest BCUT2D eigenvalue weighted by atomic mass is 35.5. The first-order valence-corrected chi connectivity index (χ1v) is 6.96. The number of aromatic nitrogens is 3. The van der Waals surface area contributed by atoms with Gasteiger partial charge in [0.15, 0.2) is 5.69 Å². The molecule has 1 atom stereocenters. The van der Waals surface area contributed by atoms with Crippen molar-refractivity contribution < 1.29 is 9.53 Å². The van der Waals surface area contributed by atoms with Crippen LogP contribution in [0.3, 0.4) is 0 Å². The van der Waals surface area contributed by atoms with Crippen LogP contribution in [0.25, 0.3) is 0 Å².